The Bertz CT molecular complexity index is 470. The summed E-state index contributed by atoms with van der Waals surface area (Å²) in [4.78, 5) is 11.9. The summed E-state index contributed by atoms with van der Waals surface area (Å²) >= 11 is 3.39. The third kappa shape index (κ3) is 8.04. The maximum atomic E-state index is 11.9. The molecule has 4 nitrogen and oxygen atoms in total. The molecule has 1 aliphatic rings. The molecule has 130 valence electrons. The normalized spacial score (nSPS) is 20.4. The molecule has 1 heterocycles. The van der Waals surface area contributed by atoms with Gasteiger partial charge in [-0.05, 0) is 63.4 Å². The topological polar surface area (TPSA) is 50.4 Å². The van der Waals surface area contributed by atoms with Crippen LogP contribution in [-0.4, -0.2) is 31.1 Å². The standard InChI is InChI=1S/C17H25BrN2O2.ClH/c1-13-12-15(9-10-19-13)20-17(21)4-2-3-11-22-16-7-5-14(18)6-8-16;/h5-8,13,15,19H,2-4,9-12H2,1H3,(H,20,21);1H. The Morgan fingerprint density at radius 2 is 2.09 bits per heavy atom. The Morgan fingerprint density at radius 1 is 1.35 bits per heavy atom. The van der Waals surface area contributed by atoms with Gasteiger partial charge in [0.15, 0.2) is 0 Å². The summed E-state index contributed by atoms with van der Waals surface area (Å²) in [5, 5.41) is 6.53. The fraction of sp³-hybridized carbons (Fsp3) is 0.588. The van der Waals surface area contributed by atoms with E-state index in [1.807, 2.05) is 24.3 Å². The second kappa shape index (κ2) is 10.9. The number of unbranched alkanes of at least 4 members (excludes halogenated alkanes) is 1. The van der Waals surface area contributed by atoms with Crippen LogP contribution in [0.4, 0.5) is 0 Å². The van der Waals surface area contributed by atoms with Crippen LogP contribution in [0.2, 0.25) is 0 Å². The number of piperidine rings is 1. The van der Waals surface area contributed by atoms with Crippen molar-refractivity contribution in [3.8, 4) is 5.75 Å². The van der Waals surface area contributed by atoms with Gasteiger partial charge in [0.2, 0.25) is 5.91 Å². The number of rotatable bonds is 7. The summed E-state index contributed by atoms with van der Waals surface area (Å²) in [6.45, 7) is 3.81. The Kier molecular flexibility index (Phi) is 9.60. The number of hydrogen-bond donors (Lipinski definition) is 2. The zero-order valence-corrected chi connectivity index (χ0v) is 15.9. The lowest BCUT2D eigenvalue weighted by molar-refractivity contribution is -0.122. The maximum absolute atomic E-state index is 11.9. The first-order valence-electron chi connectivity index (χ1n) is 8.04. The van der Waals surface area contributed by atoms with Crippen LogP contribution in [0.25, 0.3) is 0 Å². The maximum Gasteiger partial charge on any atom is 0.220 e. The quantitative estimate of drug-likeness (QED) is 0.680. The van der Waals surface area contributed by atoms with Gasteiger partial charge in [0, 0.05) is 23.0 Å². The monoisotopic (exact) mass is 404 g/mol. The lowest BCUT2D eigenvalue weighted by atomic mass is 10.0. The smallest absolute Gasteiger partial charge is 0.220 e. The van der Waals surface area contributed by atoms with Crippen LogP contribution < -0.4 is 15.4 Å². The number of benzene rings is 1. The van der Waals surface area contributed by atoms with Crippen molar-refractivity contribution in [1.29, 1.82) is 0 Å². The van der Waals surface area contributed by atoms with E-state index >= 15 is 0 Å². The highest BCUT2D eigenvalue weighted by Crippen LogP contribution is 2.16. The third-order valence-electron chi connectivity index (χ3n) is 3.87. The van der Waals surface area contributed by atoms with Crippen molar-refractivity contribution in [1.82, 2.24) is 10.6 Å². The summed E-state index contributed by atoms with van der Waals surface area (Å²) in [5.41, 5.74) is 0. The lowest BCUT2D eigenvalue weighted by Gasteiger charge is -2.28. The van der Waals surface area contributed by atoms with Gasteiger partial charge >= 0.3 is 0 Å². The Hall–Kier alpha value is -0.780. The van der Waals surface area contributed by atoms with E-state index in [2.05, 4.69) is 33.5 Å². The van der Waals surface area contributed by atoms with Crippen LogP contribution >= 0.6 is 28.3 Å². The summed E-state index contributed by atoms with van der Waals surface area (Å²) in [6.07, 6.45) is 4.40. The zero-order chi connectivity index (χ0) is 15.8. The minimum atomic E-state index is 0. The summed E-state index contributed by atoms with van der Waals surface area (Å²) in [6, 6.07) is 8.64. The minimum Gasteiger partial charge on any atom is -0.494 e. The fourth-order valence-electron chi connectivity index (χ4n) is 2.67. The molecule has 2 unspecified atom stereocenters. The minimum absolute atomic E-state index is 0. The van der Waals surface area contributed by atoms with Crippen molar-refractivity contribution in [2.24, 2.45) is 0 Å². The molecule has 23 heavy (non-hydrogen) atoms. The van der Waals surface area contributed by atoms with Crippen LogP contribution in [0.3, 0.4) is 0 Å². The van der Waals surface area contributed by atoms with Crippen molar-refractivity contribution in [3.05, 3.63) is 28.7 Å². The van der Waals surface area contributed by atoms with Gasteiger partial charge in [-0.2, -0.15) is 0 Å². The Morgan fingerprint density at radius 3 is 2.78 bits per heavy atom. The number of carbonyl (C=O) groups excluding carboxylic acids is 1. The molecule has 6 heteroatoms. The van der Waals surface area contributed by atoms with Crippen molar-refractivity contribution in [2.75, 3.05) is 13.2 Å². The molecule has 1 saturated heterocycles. The molecule has 0 aromatic heterocycles. The van der Waals surface area contributed by atoms with Gasteiger partial charge in [0.05, 0.1) is 6.61 Å². The average molecular weight is 406 g/mol. The molecule has 1 aromatic carbocycles. The fourth-order valence-corrected chi connectivity index (χ4v) is 2.94. The van der Waals surface area contributed by atoms with Crippen molar-refractivity contribution in [2.45, 2.75) is 51.1 Å². The van der Waals surface area contributed by atoms with E-state index in [0.29, 0.717) is 25.1 Å². The summed E-state index contributed by atoms with van der Waals surface area (Å²) in [7, 11) is 0. The summed E-state index contributed by atoms with van der Waals surface area (Å²) in [5.74, 6) is 1.04. The molecular formula is C17H26BrClN2O2. The molecule has 0 saturated carbocycles. The molecule has 2 rings (SSSR count). The highest BCUT2D eigenvalue weighted by Gasteiger charge is 2.19. The summed E-state index contributed by atoms with van der Waals surface area (Å²) < 4.78 is 6.69. The first-order valence-corrected chi connectivity index (χ1v) is 8.84. The SMILES string of the molecule is CC1CC(NC(=O)CCCCOc2ccc(Br)cc2)CCN1.Cl. The van der Waals surface area contributed by atoms with Gasteiger partial charge in [-0.3, -0.25) is 4.79 Å². The van der Waals surface area contributed by atoms with Gasteiger partial charge in [-0.25, -0.2) is 0 Å². The van der Waals surface area contributed by atoms with Gasteiger partial charge in [-0.1, -0.05) is 15.9 Å². The second-order valence-electron chi connectivity index (χ2n) is 5.90. The molecule has 0 bridgehead atoms. The highest BCUT2D eigenvalue weighted by molar-refractivity contribution is 9.10. The molecule has 2 atom stereocenters. The molecule has 0 aliphatic carbocycles. The molecule has 0 spiro atoms. The van der Waals surface area contributed by atoms with E-state index in [1.54, 1.807) is 0 Å². The van der Waals surface area contributed by atoms with Crippen molar-refractivity contribution < 1.29 is 9.53 Å². The Labute approximate surface area is 153 Å². The van der Waals surface area contributed by atoms with Gasteiger partial charge < -0.3 is 15.4 Å². The zero-order valence-electron chi connectivity index (χ0n) is 13.5. The number of carbonyl (C=O) groups is 1. The highest BCUT2D eigenvalue weighted by atomic mass is 79.9. The molecule has 1 fully saturated rings. The molecule has 2 N–H and O–H groups in total. The largest absolute Gasteiger partial charge is 0.494 e. The van der Waals surface area contributed by atoms with Crippen LogP contribution in [0.15, 0.2) is 28.7 Å². The average Bonchev–Trinajstić information content (AvgIpc) is 2.49. The van der Waals surface area contributed by atoms with Gasteiger partial charge in [0.1, 0.15) is 5.75 Å². The van der Waals surface area contributed by atoms with Crippen LogP contribution in [0, 0.1) is 0 Å². The van der Waals surface area contributed by atoms with Gasteiger partial charge in [-0.15, -0.1) is 12.4 Å². The molecular weight excluding hydrogens is 380 g/mol. The number of hydrogen-bond acceptors (Lipinski definition) is 3. The molecule has 1 aliphatic heterocycles. The molecule has 0 radical (unpaired) electrons. The lowest BCUT2D eigenvalue weighted by Crippen LogP contribution is -2.46. The number of ether oxygens (including phenoxy) is 1. The number of halogens is 2. The van der Waals surface area contributed by atoms with Crippen LogP contribution in [0.1, 0.15) is 39.0 Å². The van der Waals surface area contributed by atoms with E-state index in [-0.39, 0.29) is 18.3 Å². The molecule has 1 amide bonds. The van der Waals surface area contributed by atoms with E-state index in [0.717, 1.165) is 42.5 Å². The van der Waals surface area contributed by atoms with Crippen LogP contribution in [0.5, 0.6) is 5.75 Å². The van der Waals surface area contributed by atoms with Crippen LogP contribution in [-0.2, 0) is 4.79 Å². The first kappa shape index (κ1) is 20.3. The van der Waals surface area contributed by atoms with E-state index in [9.17, 15) is 4.79 Å². The van der Waals surface area contributed by atoms with E-state index < -0.39 is 0 Å². The number of nitrogens with one attached hydrogen (secondary N) is 2. The van der Waals surface area contributed by atoms with E-state index in [1.165, 1.54) is 0 Å². The third-order valence-corrected chi connectivity index (χ3v) is 4.40. The number of amides is 1. The van der Waals surface area contributed by atoms with Gasteiger partial charge in [0.25, 0.3) is 0 Å². The predicted octanol–water partition coefficient (Wildman–Crippen LogP) is 3.68. The first-order chi connectivity index (χ1) is 10.6. The Balaban J connectivity index is 0.00000264. The van der Waals surface area contributed by atoms with Crippen molar-refractivity contribution in [3.63, 3.8) is 0 Å². The van der Waals surface area contributed by atoms with E-state index in [4.69, 9.17) is 4.74 Å². The second-order valence-corrected chi connectivity index (χ2v) is 6.82. The predicted molar refractivity (Wildman–Crippen MR) is 99.4 cm³/mol. The molecule has 1 aromatic rings. The van der Waals surface area contributed by atoms with Crippen molar-refractivity contribution >= 4 is 34.2 Å².